The maximum Gasteiger partial charge on any atom is 0.273 e. The van der Waals surface area contributed by atoms with Gasteiger partial charge in [0.15, 0.2) is 0 Å². The van der Waals surface area contributed by atoms with Gasteiger partial charge in [-0.1, -0.05) is 35.3 Å². The third-order valence-electron chi connectivity index (χ3n) is 6.56. The number of carbonyl (C=O) groups excluding carboxylic acids is 2. The maximum atomic E-state index is 14.0. The molecule has 2 amide bonds. The highest BCUT2D eigenvalue weighted by Gasteiger charge is 2.34. The predicted octanol–water partition coefficient (Wildman–Crippen LogP) is 5.36. The van der Waals surface area contributed by atoms with Crippen molar-refractivity contribution in [3.05, 3.63) is 92.0 Å². The molecule has 14 heteroatoms. The van der Waals surface area contributed by atoms with Crippen LogP contribution in [0, 0.1) is 17.0 Å². The summed E-state index contributed by atoms with van der Waals surface area (Å²) in [6, 6.07) is 12.9. The molecule has 0 heterocycles. The first-order valence-corrected chi connectivity index (χ1v) is 15.3. The molecule has 1 unspecified atom stereocenters. The molecule has 43 heavy (non-hydrogen) atoms. The molecule has 3 aromatic rings. The average Bonchev–Trinajstić information content (AvgIpc) is 2.94. The molecule has 0 aliphatic carbocycles. The molecular formula is C29H32Cl2N4O7S. The van der Waals surface area contributed by atoms with Crippen molar-refractivity contribution < 1.29 is 27.7 Å². The normalized spacial score (nSPS) is 12.0. The minimum atomic E-state index is -4.53. The van der Waals surface area contributed by atoms with Gasteiger partial charge in [-0.3, -0.25) is 24.0 Å². The van der Waals surface area contributed by atoms with Gasteiger partial charge in [-0.05, 0) is 75.7 Å². The fraction of sp³-hybridized carbons (Fsp3) is 0.310. The lowest BCUT2D eigenvalue weighted by Crippen LogP contribution is -2.52. The van der Waals surface area contributed by atoms with E-state index in [0.717, 1.165) is 10.4 Å². The van der Waals surface area contributed by atoms with Gasteiger partial charge in [0.1, 0.15) is 18.3 Å². The summed E-state index contributed by atoms with van der Waals surface area (Å²) >= 11 is 12.4. The highest BCUT2D eigenvalue weighted by Crippen LogP contribution is 2.30. The summed E-state index contributed by atoms with van der Waals surface area (Å²) < 4.78 is 34.1. The van der Waals surface area contributed by atoms with Crippen LogP contribution < -0.4 is 14.4 Å². The number of hydrogen-bond donors (Lipinski definition) is 1. The number of rotatable bonds is 12. The Labute approximate surface area is 260 Å². The van der Waals surface area contributed by atoms with Gasteiger partial charge < -0.3 is 15.0 Å². The molecule has 3 aromatic carbocycles. The number of nitrogens with zero attached hydrogens (tertiary/aromatic N) is 3. The molecule has 1 N–H and O–H groups in total. The summed E-state index contributed by atoms with van der Waals surface area (Å²) in [5.41, 5.74) is 0.463. The Hall–Kier alpha value is -3.87. The molecule has 0 fully saturated rings. The van der Waals surface area contributed by atoms with E-state index in [1.165, 1.54) is 68.3 Å². The second-order valence-electron chi connectivity index (χ2n) is 10.0. The Bertz CT molecular complexity index is 1620. The standard InChI is InChI=1S/C29H32Cl2N4O7S/c1-18(2)32-29(37)20(4)33(16-21-7-8-22(30)14-26(21)31)28(36)17-34(23-9-11-24(42-5)12-10-23)43(40,41)25-13-6-19(3)27(15-25)35(38)39/h6-15,18,20H,16-17H2,1-5H3,(H,32,37). The van der Waals surface area contributed by atoms with Crippen LogP contribution in [0.5, 0.6) is 5.75 Å². The summed E-state index contributed by atoms with van der Waals surface area (Å²) in [6.45, 7) is 5.68. The monoisotopic (exact) mass is 650 g/mol. The third kappa shape index (κ3) is 8.15. The Balaban J connectivity index is 2.11. The van der Waals surface area contributed by atoms with E-state index < -0.39 is 39.3 Å². The van der Waals surface area contributed by atoms with Gasteiger partial charge in [-0.15, -0.1) is 0 Å². The molecule has 0 saturated heterocycles. The Kier molecular flexibility index (Phi) is 11.0. The molecule has 1 atom stereocenters. The van der Waals surface area contributed by atoms with E-state index in [4.69, 9.17) is 27.9 Å². The van der Waals surface area contributed by atoms with Crippen LogP contribution in [0.2, 0.25) is 10.0 Å². The number of nitrogens with one attached hydrogen (secondary N) is 1. The van der Waals surface area contributed by atoms with Crippen LogP contribution >= 0.6 is 23.2 Å². The van der Waals surface area contributed by atoms with Gasteiger partial charge >= 0.3 is 0 Å². The number of aryl methyl sites for hydroxylation is 1. The van der Waals surface area contributed by atoms with Crippen molar-refractivity contribution >= 4 is 56.4 Å². The van der Waals surface area contributed by atoms with Crippen molar-refractivity contribution in [1.82, 2.24) is 10.2 Å². The summed E-state index contributed by atoms with van der Waals surface area (Å²) in [6.07, 6.45) is 0. The molecule has 0 aliphatic rings. The quantitative estimate of drug-likeness (QED) is 0.206. The van der Waals surface area contributed by atoms with Crippen molar-refractivity contribution in [2.75, 3.05) is 18.0 Å². The zero-order chi connectivity index (χ0) is 32.1. The molecule has 230 valence electrons. The fourth-order valence-corrected chi connectivity index (χ4v) is 6.07. The van der Waals surface area contributed by atoms with E-state index in [1.54, 1.807) is 26.0 Å². The number of benzene rings is 3. The lowest BCUT2D eigenvalue weighted by Gasteiger charge is -2.32. The summed E-state index contributed by atoms with van der Waals surface area (Å²) in [5.74, 6) is -0.740. The number of amides is 2. The summed E-state index contributed by atoms with van der Waals surface area (Å²) in [7, 11) is -3.08. The number of methoxy groups -OCH3 is 1. The van der Waals surface area contributed by atoms with Crippen molar-refractivity contribution in [3.63, 3.8) is 0 Å². The van der Waals surface area contributed by atoms with Gasteiger partial charge in [0.25, 0.3) is 15.7 Å². The van der Waals surface area contributed by atoms with Crippen LogP contribution in [-0.2, 0) is 26.2 Å². The number of hydrogen-bond acceptors (Lipinski definition) is 7. The molecule has 3 rings (SSSR count). The first kappa shape index (κ1) is 33.6. The number of nitro groups is 1. The summed E-state index contributed by atoms with van der Waals surface area (Å²) in [5, 5.41) is 15.0. The molecular weight excluding hydrogens is 619 g/mol. The van der Waals surface area contributed by atoms with Crippen LogP contribution in [-0.4, -0.2) is 55.8 Å². The minimum absolute atomic E-state index is 0.0983. The smallest absolute Gasteiger partial charge is 0.273 e. The Morgan fingerprint density at radius 2 is 1.67 bits per heavy atom. The third-order valence-corrected chi connectivity index (χ3v) is 8.92. The number of nitro benzene ring substituents is 1. The van der Waals surface area contributed by atoms with E-state index in [-0.39, 0.29) is 39.4 Å². The largest absolute Gasteiger partial charge is 0.497 e. The second kappa shape index (κ2) is 14.1. The number of sulfonamides is 1. The SMILES string of the molecule is COc1ccc(N(CC(=O)N(Cc2ccc(Cl)cc2Cl)C(C)C(=O)NC(C)C)S(=O)(=O)c2ccc(C)c([N+](=O)[O-])c2)cc1. The van der Waals surface area contributed by atoms with Gasteiger partial charge in [-0.2, -0.15) is 0 Å². The van der Waals surface area contributed by atoms with Crippen LogP contribution in [0.4, 0.5) is 11.4 Å². The van der Waals surface area contributed by atoms with E-state index in [9.17, 15) is 28.1 Å². The Morgan fingerprint density at radius 3 is 2.23 bits per heavy atom. The molecule has 0 bridgehead atoms. The van der Waals surface area contributed by atoms with E-state index >= 15 is 0 Å². The lowest BCUT2D eigenvalue weighted by molar-refractivity contribution is -0.385. The molecule has 0 aliphatic heterocycles. The van der Waals surface area contributed by atoms with Gasteiger partial charge in [0.2, 0.25) is 11.8 Å². The Morgan fingerprint density at radius 1 is 1.02 bits per heavy atom. The average molecular weight is 652 g/mol. The summed E-state index contributed by atoms with van der Waals surface area (Å²) in [4.78, 5) is 38.8. The first-order chi connectivity index (χ1) is 20.1. The first-order valence-electron chi connectivity index (χ1n) is 13.1. The van der Waals surface area contributed by atoms with Crippen molar-refractivity contribution in [1.29, 1.82) is 0 Å². The highest BCUT2D eigenvalue weighted by atomic mass is 35.5. The number of anilines is 1. The van der Waals surface area contributed by atoms with Gasteiger partial charge in [0, 0.05) is 34.3 Å². The van der Waals surface area contributed by atoms with E-state index in [1.807, 2.05) is 0 Å². The molecule has 0 saturated carbocycles. The van der Waals surface area contributed by atoms with Crippen molar-refractivity contribution in [2.45, 2.75) is 51.2 Å². The topological polar surface area (TPSA) is 139 Å². The van der Waals surface area contributed by atoms with Crippen molar-refractivity contribution in [3.8, 4) is 5.75 Å². The second-order valence-corrected chi connectivity index (χ2v) is 12.7. The van der Waals surface area contributed by atoms with Crippen LogP contribution in [0.25, 0.3) is 0 Å². The zero-order valence-corrected chi connectivity index (χ0v) is 26.5. The molecule has 0 spiro atoms. The number of halogens is 2. The van der Waals surface area contributed by atoms with E-state index in [2.05, 4.69) is 5.32 Å². The predicted molar refractivity (Wildman–Crippen MR) is 165 cm³/mol. The molecule has 0 aromatic heterocycles. The van der Waals surface area contributed by atoms with E-state index in [0.29, 0.717) is 16.3 Å². The number of carbonyl (C=O) groups is 2. The maximum absolute atomic E-state index is 14.0. The van der Waals surface area contributed by atoms with Crippen molar-refractivity contribution in [2.24, 2.45) is 0 Å². The zero-order valence-electron chi connectivity index (χ0n) is 24.2. The number of ether oxygens (including phenoxy) is 1. The van der Waals surface area contributed by atoms with Crippen LogP contribution in [0.15, 0.2) is 65.6 Å². The van der Waals surface area contributed by atoms with Crippen LogP contribution in [0.3, 0.4) is 0 Å². The van der Waals surface area contributed by atoms with Crippen LogP contribution in [0.1, 0.15) is 31.9 Å². The fourth-order valence-electron chi connectivity index (χ4n) is 4.17. The van der Waals surface area contributed by atoms with Gasteiger partial charge in [-0.25, -0.2) is 8.42 Å². The molecule has 0 radical (unpaired) electrons. The lowest BCUT2D eigenvalue weighted by atomic mass is 10.1. The highest BCUT2D eigenvalue weighted by molar-refractivity contribution is 7.92. The molecule has 11 nitrogen and oxygen atoms in total. The minimum Gasteiger partial charge on any atom is -0.497 e. The van der Waals surface area contributed by atoms with Gasteiger partial charge in [0.05, 0.1) is 22.6 Å².